The predicted octanol–water partition coefficient (Wildman–Crippen LogP) is 5.66. The molecular formula is C24H23NO3S2. The number of rotatable bonds is 7. The summed E-state index contributed by atoms with van der Waals surface area (Å²) in [5, 5.41) is 2.01. The monoisotopic (exact) mass is 437 g/mol. The standard InChI is InChI=1S/C24H23NO3S2/c1-15-13-29-24(25-15)30-14-20-6-3-4-9-21(20)23(27)28-16(2)22(26)19-11-10-17-7-5-8-18(17)12-19/h3-4,6,9-13,16H,5,7-8,14H2,1-2H3/t16-/m1/s1. The van der Waals surface area contributed by atoms with Crippen molar-refractivity contribution in [1.82, 2.24) is 4.98 Å². The van der Waals surface area contributed by atoms with E-state index in [1.807, 2.05) is 48.7 Å². The highest BCUT2D eigenvalue weighted by Gasteiger charge is 2.23. The average Bonchev–Trinajstić information content (AvgIpc) is 3.39. The summed E-state index contributed by atoms with van der Waals surface area (Å²) in [6.45, 7) is 3.61. The van der Waals surface area contributed by atoms with Crippen LogP contribution in [0.15, 0.2) is 52.2 Å². The second kappa shape index (κ2) is 9.14. The number of benzene rings is 2. The van der Waals surface area contributed by atoms with Crippen LogP contribution in [0.4, 0.5) is 0 Å². The van der Waals surface area contributed by atoms with Crippen LogP contribution < -0.4 is 0 Å². The third kappa shape index (κ3) is 4.65. The first-order valence-electron chi connectivity index (χ1n) is 10.0. The van der Waals surface area contributed by atoms with Crippen molar-refractivity contribution in [2.75, 3.05) is 0 Å². The zero-order chi connectivity index (χ0) is 21.1. The molecule has 1 atom stereocenters. The smallest absolute Gasteiger partial charge is 0.339 e. The summed E-state index contributed by atoms with van der Waals surface area (Å²) < 4.78 is 6.53. The number of thiazole rings is 1. The summed E-state index contributed by atoms with van der Waals surface area (Å²) in [5.74, 6) is -0.0162. The summed E-state index contributed by atoms with van der Waals surface area (Å²) in [6.07, 6.45) is 2.38. The number of hydrogen-bond acceptors (Lipinski definition) is 6. The lowest BCUT2D eigenvalue weighted by atomic mass is 10.0. The first-order valence-corrected chi connectivity index (χ1v) is 11.9. The van der Waals surface area contributed by atoms with Gasteiger partial charge in [-0.15, -0.1) is 11.3 Å². The number of hydrogen-bond donors (Lipinski definition) is 0. The van der Waals surface area contributed by atoms with Crippen molar-refractivity contribution in [3.63, 3.8) is 0 Å². The lowest BCUT2D eigenvalue weighted by Gasteiger charge is -2.15. The number of aryl methyl sites for hydroxylation is 3. The van der Waals surface area contributed by atoms with Gasteiger partial charge in [0.05, 0.1) is 5.56 Å². The molecule has 0 unspecified atom stereocenters. The second-order valence-electron chi connectivity index (χ2n) is 7.45. The molecule has 0 bridgehead atoms. The van der Waals surface area contributed by atoms with Gasteiger partial charge in [-0.3, -0.25) is 4.79 Å². The molecule has 1 aromatic heterocycles. The summed E-state index contributed by atoms with van der Waals surface area (Å²) >= 11 is 3.19. The summed E-state index contributed by atoms with van der Waals surface area (Å²) in [6, 6.07) is 13.2. The van der Waals surface area contributed by atoms with Crippen LogP contribution in [-0.2, 0) is 23.3 Å². The lowest BCUT2D eigenvalue weighted by Crippen LogP contribution is -2.25. The number of ketones is 1. The molecule has 1 aliphatic rings. The van der Waals surface area contributed by atoms with Crippen molar-refractivity contribution in [1.29, 1.82) is 0 Å². The molecule has 0 amide bonds. The highest BCUT2D eigenvalue weighted by molar-refractivity contribution is 8.00. The minimum atomic E-state index is -0.834. The Balaban J connectivity index is 1.43. The van der Waals surface area contributed by atoms with Gasteiger partial charge in [-0.2, -0.15) is 0 Å². The van der Waals surface area contributed by atoms with E-state index < -0.39 is 12.1 Å². The number of Topliss-reactive ketones (excluding diaryl/α,β-unsaturated/α-hetero) is 1. The van der Waals surface area contributed by atoms with E-state index in [0.29, 0.717) is 16.9 Å². The third-order valence-electron chi connectivity index (χ3n) is 5.22. The van der Waals surface area contributed by atoms with Gasteiger partial charge in [0, 0.05) is 22.4 Å². The summed E-state index contributed by atoms with van der Waals surface area (Å²) in [7, 11) is 0. The summed E-state index contributed by atoms with van der Waals surface area (Å²) in [4.78, 5) is 30.1. The van der Waals surface area contributed by atoms with Gasteiger partial charge in [-0.25, -0.2) is 9.78 Å². The molecule has 0 aliphatic heterocycles. The topological polar surface area (TPSA) is 56.3 Å². The molecule has 0 spiro atoms. The van der Waals surface area contributed by atoms with Gasteiger partial charge in [0.25, 0.3) is 0 Å². The first kappa shape index (κ1) is 20.8. The fraction of sp³-hybridized carbons (Fsp3) is 0.292. The van der Waals surface area contributed by atoms with Gasteiger partial charge in [-0.1, -0.05) is 42.1 Å². The number of carbonyl (C=O) groups is 2. The zero-order valence-electron chi connectivity index (χ0n) is 17.0. The van der Waals surface area contributed by atoms with Crippen LogP contribution >= 0.6 is 23.1 Å². The number of ether oxygens (including phenoxy) is 1. The average molecular weight is 438 g/mol. The fourth-order valence-electron chi connectivity index (χ4n) is 3.62. The molecule has 4 nitrogen and oxygen atoms in total. The van der Waals surface area contributed by atoms with Gasteiger partial charge in [0.2, 0.25) is 5.78 Å². The van der Waals surface area contributed by atoms with E-state index in [4.69, 9.17) is 4.74 Å². The summed E-state index contributed by atoms with van der Waals surface area (Å²) in [5.41, 5.74) is 5.52. The quantitative estimate of drug-likeness (QED) is 0.271. The number of carbonyl (C=O) groups excluding carboxylic acids is 2. The molecular weight excluding hydrogens is 414 g/mol. The molecule has 30 heavy (non-hydrogen) atoms. The van der Waals surface area contributed by atoms with E-state index in [1.54, 1.807) is 36.1 Å². The van der Waals surface area contributed by atoms with Crippen LogP contribution in [0.3, 0.4) is 0 Å². The third-order valence-corrected chi connectivity index (χ3v) is 7.41. The van der Waals surface area contributed by atoms with E-state index in [2.05, 4.69) is 4.98 Å². The van der Waals surface area contributed by atoms with Crippen molar-refractivity contribution < 1.29 is 14.3 Å². The van der Waals surface area contributed by atoms with Crippen molar-refractivity contribution >= 4 is 34.9 Å². The fourth-order valence-corrected chi connectivity index (χ4v) is 5.47. The number of esters is 1. The number of fused-ring (bicyclic) bond motifs is 1. The van der Waals surface area contributed by atoms with Crippen molar-refractivity contribution in [2.24, 2.45) is 0 Å². The molecule has 154 valence electrons. The molecule has 1 heterocycles. The van der Waals surface area contributed by atoms with Crippen LogP contribution in [0.5, 0.6) is 0 Å². The Morgan fingerprint density at radius 1 is 1.17 bits per heavy atom. The number of nitrogens with zero attached hydrogens (tertiary/aromatic N) is 1. The Morgan fingerprint density at radius 3 is 2.77 bits per heavy atom. The molecule has 0 radical (unpaired) electrons. The molecule has 0 fully saturated rings. The highest BCUT2D eigenvalue weighted by atomic mass is 32.2. The molecule has 4 rings (SSSR count). The van der Waals surface area contributed by atoms with E-state index in [-0.39, 0.29) is 5.78 Å². The second-order valence-corrected chi connectivity index (χ2v) is 9.53. The Bertz CT molecular complexity index is 1090. The maximum atomic E-state index is 12.8. The Kier molecular flexibility index (Phi) is 6.35. The van der Waals surface area contributed by atoms with Crippen LogP contribution in [0, 0.1) is 6.92 Å². The van der Waals surface area contributed by atoms with Crippen LogP contribution in [-0.4, -0.2) is 22.8 Å². The molecule has 2 aromatic carbocycles. The minimum Gasteiger partial charge on any atom is -0.451 e. The maximum Gasteiger partial charge on any atom is 0.339 e. The number of thioether (sulfide) groups is 1. The molecule has 3 aromatic rings. The van der Waals surface area contributed by atoms with E-state index in [9.17, 15) is 9.59 Å². The van der Waals surface area contributed by atoms with Gasteiger partial charge < -0.3 is 4.74 Å². The normalized spacial score (nSPS) is 13.7. The van der Waals surface area contributed by atoms with Gasteiger partial charge in [0.15, 0.2) is 6.10 Å². The Labute approximate surface area is 184 Å². The van der Waals surface area contributed by atoms with Gasteiger partial charge >= 0.3 is 5.97 Å². The number of aromatic nitrogens is 1. The molecule has 1 aliphatic carbocycles. The largest absolute Gasteiger partial charge is 0.451 e. The van der Waals surface area contributed by atoms with Gasteiger partial charge in [-0.05, 0) is 61.9 Å². The first-order chi connectivity index (χ1) is 14.5. The van der Waals surface area contributed by atoms with Crippen molar-refractivity contribution in [2.45, 2.75) is 49.3 Å². The van der Waals surface area contributed by atoms with E-state index in [0.717, 1.165) is 34.9 Å². The Morgan fingerprint density at radius 2 is 1.97 bits per heavy atom. The predicted molar refractivity (Wildman–Crippen MR) is 121 cm³/mol. The molecule has 0 N–H and O–H groups in total. The van der Waals surface area contributed by atoms with E-state index >= 15 is 0 Å². The maximum absolute atomic E-state index is 12.8. The molecule has 0 saturated heterocycles. The van der Waals surface area contributed by atoms with Crippen LogP contribution in [0.2, 0.25) is 0 Å². The van der Waals surface area contributed by atoms with Crippen molar-refractivity contribution in [3.05, 3.63) is 81.4 Å². The molecule has 6 heteroatoms. The zero-order valence-corrected chi connectivity index (χ0v) is 18.6. The van der Waals surface area contributed by atoms with Crippen molar-refractivity contribution in [3.8, 4) is 0 Å². The lowest BCUT2D eigenvalue weighted by molar-refractivity contribution is 0.0318. The highest BCUT2D eigenvalue weighted by Crippen LogP contribution is 2.28. The van der Waals surface area contributed by atoms with Crippen LogP contribution in [0.25, 0.3) is 0 Å². The van der Waals surface area contributed by atoms with Gasteiger partial charge in [0.1, 0.15) is 4.34 Å². The van der Waals surface area contributed by atoms with E-state index in [1.165, 1.54) is 11.1 Å². The SMILES string of the molecule is Cc1csc(SCc2ccccc2C(=O)O[C@H](C)C(=O)c2ccc3c(c2)CCC3)n1. The van der Waals surface area contributed by atoms with Crippen LogP contribution in [0.1, 0.15) is 56.4 Å². The Hall–Kier alpha value is -2.44. The molecule has 0 saturated carbocycles. The minimum absolute atomic E-state index is 0.164.